The molecule has 2 rings (SSSR count). The first-order valence-corrected chi connectivity index (χ1v) is 7.53. The molecule has 0 aliphatic rings. The van der Waals surface area contributed by atoms with Gasteiger partial charge in [-0.1, -0.05) is 60.5 Å². The largest absolute Gasteiger partial charge is 0.310 e. The molecule has 0 heterocycles. The molecule has 1 unspecified atom stereocenters. The lowest BCUT2D eigenvalue weighted by atomic mass is 9.97. The lowest BCUT2D eigenvalue weighted by molar-refractivity contribution is 0.549. The second-order valence-corrected chi connectivity index (χ2v) is 5.73. The van der Waals surface area contributed by atoms with Gasteiger partial charge in [0, 0.05) is 11.1 Å². The summed E-state index contributed by atoms with van der Waals surface area (Å²) in [5.74, 6) is 0. The molecule has 2 aromatic carbocycles. The molecule has 0 saturated heterocycles. The molecule has 0 aromatic heterocycles. The van der Waals surface area contributed by atoms with E-state index in [4.69, 9.17) is 11.6 Å². The number of likely N-dealkylation sites (N-methyl/N-ethyl adjacent to an activating group) is 1. The standard InChI is InChI=1S/C18H22ClN/c1-4-20-18(16-7-5-6-13(2)10-16)12-15-9-8-14(3)11-17(15)19/h5-11,18,20H,4,12H2,1-3H3. The maximum atomic E-state index is 6.36. The predicted octanol–water partition coefficient (Wildman–Crippen LogP) is 4.85. The van der Waals surface area contributed by atoms with E-state index in [2.05, 4.69) is 62.5 Å². The fourth-order valence-corrected chi connectivity index (χ4v) is 2.79. The van der Waals surface area contributed by atoms with Crippen LogP contribution in [0.15, 0.2) is 42.5 Å². The molecular formula is C18H22ClN. The molecule has 0 radical (unpaired) electrons. The molecule has 0 bridgehead atoms. The number of aryl methyl sites for hydroxylation is 2. The summed E-state index contributed by atoms with van der Waals surface area (Å²) in [7, 11) is 0. The molecule has 0 amide bonds. The van der Waals surface area contributed by atoms with Gasteiger partial charge in [0.05, 0.1) is 0 Å². The molecule has 20 heavy (non-hydrogen) atoms. The van der Waals surface area contributed by atoms with Gasteiger partial charge in [0.15, 0.2) is 0 Å². The van der Waals surface area contributed by atoms with Crippen molar-refractivity contribution in [1.82, 2.24) is 5.32 Å². The Morgan fingerprint density at radius 2 is 1.80 bits per heavy atom. The number of hydrogen-bond donors (Lipinski definition) is 1. The summed E-state index contributed by atoms with van der Waals surface area (Å²) in [6, 6.07) is 15.3. The third kappa shape index (κ3) is 3.84. The van der Waals surface area contributed by atoms with Crippen molar-refractivity contribution in [1.29, 1.82) is 0 Å². The zero-order valence-corrected chi connectivity index (χ0v) is 13.2. The third-order valence-electron chi connectivity index (χ3n) is 3.53. The summed E-state index contributed by atoms with van der Waals surface area (Å²) in [6.07, 6.45) is 0.913. The average molecular weight is 288 g/mol. The van der Waals surface area contributed by atoms with Gasteiger partial charge in [0.1, 0.15) is 0 Å². The van der Waals surface area contributed by atoms with Gasteiger partial charge >= 0.3 is 0 Å². The quantitative estimate of drug-likeness (QED) is 0.829. The normalized spacial score (nSPS) is 12.4. The average Bonchev–Trinajstić information content (AvgIpc) is 2.41. The van der Waals surface area contributed by atoms with Crippen molar-refractivity contribution < 1.29 is 0 Å². The van der Waals surface area contributed by atoms with Crippen molar-refractivity contribution >= 4 is 11.6 Å². The summed E-state index contributed by atoms with van der Waals surface area (Å²) < 4.78 is 0. The lowest BCUT2D eigenvalue weighted by Crippen LogP contribution is -2.23. The molecule has 1 N–H and O–H groups in total. The Balaban J connectivity index is 2.25. The number of nitrogens with one attached hydrogen (secondary N) is 1. The smallest absolute Gasteiger partial charge is 0.0441 e. The lowest BCUT2D eigenvalue weighted by Gasteiger charge is -2.20. The monoisotopic (exact) mass is 287 g/mol. The molecule has 2 aromatic rings. The Morgan fingerprint density at radius 1 is 1.05 bits per heavy atom. The maximum absolute atomic E-state index is 6.36. The summed E-state index contributed by atoms with van der Waals surface area (Å²) in [6.45, 7) is 7.28. The van der Waals surface area contributed by atoms with E-state index in [-0.39, 0.29) is 0 Å². The molecule has 1 nitrogen and oxygen atoms in total. The first-order chi connectivity index (χ1) is 9.60. The van der Waals surface area contributed by atoms with Crippen molar-refractivity contribution in [3.63, 3.8) is 0 Å². The van der Waals surface area contributed by atoms with Crippen molar-refractivity contribution in [2.45, 2.75) is 33.2 Å². The highest BCUT2D eigenvalue weighted by molar-refractivity contribution is 6.31. The van der Waals surface area contributed by atoms with Gasteiger partial charge in [0.25, 0.3) is 0 Å². The van der Waals surface area contributed by atoms with Crippen LogP contribution in [0.3, 0.4) is 0 Å². The van der Waals surface area contributed by atoms with Crippen LogP contribution in [0, 0.1) is 13.8 Å². The van der Waals surface area contributed by atoms with Crippen LogP contribution >= 0.6 is 11.6 Å². The fraction of sp³-hybridized carbons (Fsp3) is 0.333. The van der Waals surface area contributed by atoms with E-state index >= 15 is 0 Å². The highest BCUT2D eigenvalue weighted by Gasteiger charge is 2.13. The van der Waals surface area contributed by atoms with E-state index in [0.29, 0.717) is 6.04 Å². The maximum Gasteiger partial charge on any atom is 0.0441 e. The van der Waals surface area contributed by atoms with Crippen LogP contribution in [-0.2, 0) is 6.42 Å². The third-order valence-corrected chi connectivity index (χ3v) is 3.88. The number of hydrogen-bond acceptors (Lipinski definition) is 1. The summed E-state index contributed by atoms with van der Waals surface area (Å²) >= 11 is 6.36. The molecule has 2 heteroatoms. The first kappa shape index (κ1) is 15.1. The van der Waals surface area contributed by atoms with E-state index < -0.39 is 0 Å². The molecule has 0 aliphatic carbocycles. The second kappa shape index (κ2) is 6.92. The minimum atomic E-state index is 0.306. The van der Waals surface area contributed by atoms with Gasteiger partial charge in [-0.3, -0.25) is 0 Å². The summed E-state index contributed by atoms with van der Waals surface area (Å²) in [4.78, 5) is 0. The van der Waals surface area contributed by atoms with Crippen LogP contribution in [0.4, 0.5) is 0 Å². The Hall–Kier alpha value is -1.31. The zero-order valence-electron chi connectivity index (χ0n) is 12.4. The number of benzene rings is 2. The van der Waals surface area contributed by atoms with Crippen molar-refractivity contribution in [3.05, 3.63) is 69.7 Å². The molecular weight excluding hydrogens is 266 g/mol. The summed E-state index contributed by atoms with van der Waals surface area (Å²) in [5.41, 5.74) is 5.02. The zero-order chi connectivity index (χ0) is 14.5. The van der Waals surface area contributed by atoms with E-state index in [9.17, 15) is 0 Å². The van der Waals surface area contributed by atoms with E-state index in [1.165, 1.54) is 22.3 Å². The minimum absolute atomic E-state index is 0.306. The van der Waals surface area contributed by atoms with Crippen LogP contribution < -0.4 is 5.32 Å². The van der Waals surface area contributed by atoms with Gasteiger partial charge in [-0.05, 0) is 49.6 Å². The molecule has 0 aliphatic heterocycles. The second-order valence-electron chi connectivity index (χ2n) is 5.32. The number of halogens is 1. The van der Waals surface area contributed by atoms with Crippen LogP contribution in [0.2, 0.25) is 5.02 Å². The van der Waals surface area contributed by atoms with Gasteiger partial charge < -0.3 is 5.32 Å². The van der Waals surface area contributed by atoms with E-state index in [1.54, 1.807) is 0 Å². The molecule has 106 valence electrons. The Kier molecular flexibility index (Phi) is 5.22. The molecule has 0 fully saturated rings. The molecule has 0 saturated carbocycles. The van der Waals surface area contributed by atoms with E-state index in [1.807, 2.05) is 6.07 Å². The van der Waals surface area contributed by atoms with Crippen LogP contribution in [-0.4, -0.2) is 6.54 Å². The first-order valence-electron chi connectivity index (χ1n) is 7.15. The van der Waals surface area contributed by atoms with Gasteiger partial charge in [-0.15, -0.1) is 0 Å². The fourth-order valence-electron chi connectivity index (χ4n) is 2.48. The minimum Gasteiger partial charge on any atom is -0.310 e. The predicted molar refractivity (Wildman–Crippen MR) is 87.5 cm³/mol. The Morgan fingerprint density at radius 3 is 2.45 bits per heavy atom. The van der Waals surface area contributed by atoms with Crippen LogP contribution in [0.5, 0.6) is 0 Å². The molecule has 0 spiro atoms. The molecule has 1 atom stereocenters. The van der Waals surface area contributed by atoms with E-state index in [0.717, 1.165) is 18.0 Å². The van der Waals surface area contributed by atoms with Gasteiger partial charge in [-0.25, -0.2) is 0 Å². The van der Waals surface area contributed by atoms with Crippen molar-refractivity contribution in [2.75, 3.05) is 6.54 Å². The highest BCUT2D eigenvalue weighted by atomic mass is 35.5. The van der Waals surface area contributed by atoms with Crippen LogP contribution in [0.1, 0.15) is 35.2 Å². The topological polar surface area (TPSA) is 12.0 Å². The van der Waals surface area contributed by atoms with Crippen LogP contribution in [0.25, 0.3) is 0 Å². The van der Waals surface area contributed by atoms with Crippen molar-refractivity contribution in [3.8, 4) is 0 Å². The SMILES string of the molecule is CCNC(Cc1ccc(C)cc1Cl)c1cccc(C)c1. The van der Waals surface area contributed by atoms with Gasteiger partial charge in [0.2, 0.25) is 0 Å². The number of rotatable bonds is 5. The van der Waals surface area contributed by atoms with Gasteiger partial charge in [-0.2, -0.15) is 0 Å². The van der Waals surface area contributed by atoms with Crippen molar-refractivity contribution in [2.24, 2.45) is 0 Å². The Bertz CT molecular complexity index is 577. The highest BCUT2D eigenvalue weighted by Crippen LogP contribution is 2.25. The summed E-state index contributed by atoms with van der Waals surface area (Å²) in [5, 5.41) is 4.42. The Labute approximate surface area is 127 Å².